The van der Waals surface area contributed by atoms with E-state index < -0.39 is 0 Å². The van der Waals surface area contributed by atoms with E-state index in [0.29, 0.717) is 26.2 Å². The molecule has 0 spiro atoms. The van der Waals surface area contributed by atoms with Gasteiger partial charge in [0.15, 0.2) is 0 Å². The van der Waals surface area contributed by atoms with Crippen LogP contribution in [0.1, 0.15) is 13.8 Å². The molecule has 0 aromatic rings. The van der Waals surface area contributed by atoms with E-state index in [4.69, 9.17) is 5.73 Å². The molecule has 6 heteroatoms. The van der Waals surface area contributed by atoms with Gasteiger partial charge in [0, 0.05) is 39.3 Å². The highest BCUT2D eigenvalue weighted by Gasteiger charge is 2.25. The molecule has 1 heterocycles. The lowest BCUT2D eigenvalue weighted by atomic mass is 10.3. The van der Waals surface area contributed by atoms with Crippen molar-refractivity contribution in [3.8, 4) is 0 Å². The van der Waals surface area contributed by atoms with Crippen LogP contribution >= 0.6 is 0 Å². The van der Waals surface area contributed by atoms with Crippen molar-refractivity contribution in [3.63, 3.8) is 0 Å². The highest BCUT2D eigenvalue weighted by atomic mass is 16.2. The van der Waals surface area contributed by atoms with Crippen molar-refractivity contribution in [1.29, 1.82) is 0 Å². The molecular formula is C11H22N4O2. The number of nitrogens with zero attached hydrogens (tertiary/aromatic N) is 3. The molecule has 17 heavy (non-hydrogen) atoms. The minimum absolute atomic E-state index is 0.0417. The molecule has 0 bridgehead atoms. The van der Waals surface area contributed by atoms with Crippen LogP contribution in [0.2, 0.25) is 0 Å². The summed E-state index contributed by atoms with van der Waals surface area (Å²) in [7, 11) is 0. The number of nitrogens with two attached hydrogens (primary N) is 1. The second kappa shape index (κ2) is 6.44. The maximum absolute atomic E-state index is 12.0. The molecule has 0 aromatic heterocycles. The van der Waals surface area contributed by atoms with E-state index in [1.807, 2.05) is 13.8 Å². The molecule has 1 rings (SSSR count). The minimum Gasteiger partial charge on any atom is -0.338 e. The zero-order valence-electron chi connectivity index (χ0n) is 10.7. The monoisotopic (exact) mass is 242 g/mol. The number of carbonyl (C=O) groups excluding carboxylic acids is 2. The lowest BCUT2D eigenvalue weighted by Crippen LogP contribution is -2.54. The van der Waals surface area contributed by atoms with E-state index in [2.05, 4.69) is 0 Å². The van der Waals surface area contributed by atoms with Crippen LogP contribution < -0.4 is 5.73 Å². The number of rotatable bonds is 3. The Morgan fingerprint density at radius 3 is 1.94 bits per heavy atom. The van der Waals surface area contributed by atoms with Crippen molar-refractivity contribution in [2.75, 3.05) is 45.8 Å². The maximum atomic E-state index is 12.0. The topological polar surface area (TPSA) is 69.9 Å². The minimum atomic E-state index is -0.0417. The fraction of sp³-hybridized carbons (Fsp3) is 0.818. The van der Waals surface area contributed by atoms with Gasteiger partial charge in [-0.25, -0.2) is 4.79 Å². The predicted octanol–water partition coefficient (Wildman–Crippen LogP) is -0.449. The van der Waals surface area contributed by atoms with E-state index in [0.717, 1.165) is 13.1 Å². The number of hydrogen-bond acceptors (Lipinski definition) is 3. The van der Waals surface area contributed by atoms with Gasteiger partial charge in [-0.3, -0.25) is 4.79 Å². The summed E-state index contributed by atoms with van der Waals surface area (Å²) in [5.74, 6) is -0.0417. The third kappa shape index (κ3) is 3.33. The molecule has 98 valence electrons. The van der Waals surface area contributed by atoms with Crippen LogP contribution in [0.5, 0.6) is 0 Å². The zero-order valence-corrected chi connectivity index (χ0v) is 10.7. The van der Waals surface area contributed by atoms with Gasteiger partial charge in [0.1, 0.15) is 0 Å². The summed E-state index contributed by atoms with van der Waals surface area (Å²) >= 11 is 0. The summed E-state index contributed by atoms with van der Waals surface area (Å²) in [6, 6.07) is 0.0647. The number of piperazine rings is 1. The number of amides is 3. The van der Waals surface area contributed by atoms with Gasteiger partial charge in [-0.2, -0.15) is 0 Å². The fourth-order valence-electron chi connectivity index (χ4n) is 1.97. The molecule has 0 aliphatic carbocycles. The fourth-order valence-corrected chi connectivity index (χ4v) is 1.97. The van der Waals surface area contributed by atoms with Gasteiger partial charge < -0.3 is 20.4 Å². The first-order chi connectivity index (χ1) is 8.13. The Morgan fingerprint density at radius 2 is 1.53 bits per heavy atom. The summed E-state index contributed by atoms with van der Waals surface area (Å²) < 4.78 is 0. The molecule has 0 atom stereocenters. The van der Waals surface area contributed by atoms with Crippen LogP contribution in [0.4, 0.5) is 4.79 Å². The average Bonchev–Trinajstić information content (AvgIpc) is 2.39. The summed E-state index contributed by atoms with van der Waals surface area (Å²) in [6.07, 6.45) is 0. The molecule has 2 N–H and O–H groups in total. The third-order valence-electron chi connectivity index (χ3n) is 3.11. The quantitative estimate of drug-likeness (QED) is 0.729. The van der Waals surface area contributed by atoms with E-state index >= 15 is 0 Å². The summed E-state index contributed by atoms with van der Waals surface area (Å²) in [5, 5.41) is 0. The Bertz CT molecular complexity index is 271. The molecule has 3 amide bonds. The molecule has 1 fully saturated rings. The summed E-state index contributed by atoms with van der Waals surface area (Å²) in [4.78, 5) is 28.7. The Morgan fingerprint density at radius 1 is 1.06 bits per heavy atom. The van der Waals surface area contributed by atoms with Crippen molar-refractivity contribution in [3.05, 3.63) is 0 Å². The van der Waals surface area contributed by atoms with Crippen LogP contribution in [0.15, 0.2) is 0 Å². The number of urea groups is 1. The molecular weight excluding hydrogens is 220 g/mol. The van der Waals surface area contributed by atoms with Crippen molar-refractivity contribution in [2.24, 2.45) is 5.73 Å². The lowest BCUT2D eigenvalue weighted by molar-refractivity contribution is -0.131. The van der Waals surface area contributed by atoms with Crippen LogP contribution in [0.3, 0.4) is 0 Å². The van der Waals surface area contributed by atoms with Crippen molar-refractivity contribution in [2.45, 2.75) is 13.8 Å². The first-order valence-electron chi connectivity index (χ1n) is 6.15. The SMILES string of the molecule is CCN(CC)C(=O)N1CCN(C(=O)CN)CC1. The molecule has 0 unspecified atom stereocenters. The van der Waals surface area contributed by atoms with E-state index in [9.17, 15) is 9.59 Å². The zero-order chi connectivity index (χ0) is 12.8. The second-order valence-corrected chi connectivity index (χ2v) is 4.03. The van der Waals surface area contributed by atoms with Gasteiger partial charge in [-0.05, 0) is 13.8 Å². The van der Waals surface area contributed by atoms with Gasteiger partial charge in [-0.1, -0.05) is 0 Å². The third-order valence-corrected chi connectivity index (χ3v) is 3.11. The van der Waals surface area contributed by atoms with Gasteiger partial charge in [0.2, 0.25) is 5.91 Å². The lowest BCUT2D eigenvalue weighted by Gasteiger charge is -2.37. The molecule has 1 aliphatic rings. The predicted molar refractivity (Wildman–Crippen MR) is 65.5 cm³/mol. The van der Waals surface area contributed by atoms with Crippen molar-refractivity contribution >= 4 is 11.9 Å². The van der Waals surface area contributed by atoms with Gasteiger partial charge >= 0.3 is 6.03 Å². The van der Waals surface area contributed by atoms with E-state index in [1.54, 1.807) is 14.7 Å². The highest BCUT2D eigenvalue weighted by Crippen LogP contribution is 2.05. The van der Waals surface area contributed by atoms with E-state index in [-0.39, 0.29) is 18.5 Å². The van der Waals surface area contributed by atoms with Gasteiger partial charge in [-0.15, -0.1) is 0 Å². The largest absolute Gasteiger partial charge is 0.338 e. The first kappa shape index (κ1) is 13.8. The van der Waals surface area contributed by atoms with Gasteiger partial charge in [0.25, 0.3) is 0 Å². The maximum Gasteiger partial charge on any atom is 0.320 e. The average molecular weight is 242 g/mol. The van der Waals surface area contributed by atoms with Crippen LogP contribution in [-0.2, 0) is 4.79 Å². The first-order valence-corrected chi connectivity index (χ1v) is 6.15. The Labute approximate surface area is 102 Å². The molecule has 6 nitrogen and oxygen atoms in total. The van der Waals surface area contributed by atoms with Crippen LogP contribution in [0, 0.1) is 0 Å². The van der Waals surface area contributed by atoms with E-state index in [1.165, 1.54) is 0 Å². The highest BCUT2D eigenvalue weighted by molar-refractivity contribution is 5.79. The van der Waals surface area contributed by atoms with Crippen LogP contribution in [-0.4, -0.2) is 72.5 Å². The van der Waals surface area contributed by atoms with Crippen molar-refractivity contribution in [1.82, 2.24) is 14.7 Å². The van der Waals surface area contributed by atoms with Crippen molar-refractivity contribution < 1.29 is 9.59 Å². The Kier molecular flexibility index (Phi) is 5.21. The summed E-state index contributed by atoms with van der Waals surface area (Å²) in [6.45, 7) is 7.79. The number of hydrogen-bond donors (Lipinski definition) is 1. The Balaban J connectivity index is 2.46. The van der Waals surface area contributed by atoms with Crippen LogP contribution in [0.25, 0.3) is 0 Å². The standard InChI is InChI=1S/C11H22N4O2/c1-3-13(4-2)11(17)15-7-5-14(6-8-15)10(16)9-12/h3-9,12H2,1-2H3. The molecule has 1 saturated heterocycles. The Hall–Kier alpha value is -1.30. The molecule has 0 aromatic carbocycles. The van der Waals surface area contributed by atoms with Gasteiger partial charge in [0.05, 0.1) is 6.54 Å². The second-order valence-electron chi connectivity index (χ2n) is 4.03. The number of carbonyl (C=O) groups is 2. The summed E-state index contributed by atoms with van der Waals surface area (Å²) in [5.41, 5.74) is 5.31. The molecule has 0 radical (unpaired) electrons. The normalized spacial score (nSPS) is 15.9. The molecule has 1 aliphatic heterocycles. The smallest absolute Gasteiger partial charge is 0.320 e. The molecule has 0 saturated carbocycles.